The molecule has 3 nitrogen and oxygen atoms in total. The summed E-state index contributed by atoms with van der Waals surface area (Å²) in [7, 11) is 0. The van der Waals surface area contributed by atoms with Gasteiger partial charge in [-0.25, -0.2) is 0 Å². The number of benzene rings is 2. The molecule has 3 heteroatoms. The number of para-hydroxylation sites is 1. The van der Waals surface area contributed by atoms with Crippen molar-refractivity contribution in [2.24, 2.45) is 0 Å². The minimum absolute atomic E-state index is 0.291. The lowest BCUT2D eigenvalue weighted by molar-refractivity contribution is -0.131. The molecule has 0 unspecified atom stereocenters. The van der Waals surface area contributed by atoms with E-state index in [2.05, 4.69) is 17.1 Å². The van der Waals surface area contributed by atoms with E-state index in [4.69, 9.17) is 4.74 Å². The van der Waals surface area contributed by atoms with Crippen LogP contribution >= 0.6 is 0 Å². The van der Waals surface area contributed by atoms with Crippen molar-refractivity contribution in [2.45, 2.75) is 19.8 Å². The van der Waals surface area contributed by atoms with Crippen molar-refractivity contribution in [3.05, 3.63) is 65.9 Å². The molecular weight excluding hydrogens is 262 g/mol. The summed E-state index contributed by atoms with van der Waals surface area (Å²) in [6.07, 6.45) is 1.71. The summed E-state index contributed by atoms with van der Waals surface area (Å²) in [6.45, 7) is 1.43. The summed E-state index contributed by atoms with van der Waals surface area (Å²) in [5, 5.41) is 0.954. The summed E-state index contributed by atoms with van der Waals surface area (Å²) in [5.41, 5.74) is 3.23. The Morgan fingerprint density at radius 3 is 2.48 bits per heavy atom. The number of rotatable bonds is 4. The van der Waals surface area contributed by atoms with Crippen LogP contribution in [-0.4, -0.2) is 11.0 Å². The van der Waals surface area contributed by atoms with Crippen molar-refractivity contribution in [3.8, 4) is 5.75 Å². The van der Waals surface area contributed by atoms with Gasteiger partial charge in [0.05, 0.1) is 5.69 Å². The zero-order chi connectivity index (χ0) is 14.7. The maximum atomic E-state index is 11.3. The molecule has 0 radical (unpaired) electrons. The van der Waals surface area contributed by atoms with Crippen molar-refractivity contribution in [3.63, 3.8) is 0 Å². The highest BCUT2D eigenvalue weighted by atomic mass is 16.5. The van der Waals surface area contributed by atoms with Crippen LogP contribution in [0.3, 0.4) is 0 Å². The molecule has 0 aliphatic heterocycles. The number of esters is 1. The molecule has 0 spiro atoms. The van der Waals surface area contributed by atoms with E-state index in [1.54, 1.807) is 0 Å². The number of nitrogens with one attached hydrogen (secondary N) is 1. The van der Waals surface area contributed by atoms with Gasteiger partial charge in [0.15, 0.2) is 5.75 Å². The van der Waals surface area contributed by atoms with Gasteiger partial charge >= 0.3 is 5.97 Å². The van der Waals surface area contributed by atoms with Gasteiger partial charge in [0.2, 0.25) is 0 Å². The number of aryl methyl sites for hydroxylation is 2. The summed E-state index contributed by atoms with van der Waals surface area (Å²) < 4.78 is 5.42. The van der Waals surface area contributed by atoms with Crippen molar-refractivity contribution >= 4 is 16.9 Å². The molecule has 1 heterocycles. The fourth-order valence-corrected chi connectivity index (χ4v) is 2.52. The third kappa shape index (κ3) is 2.97. The fourth-order valence-electron chi connectivity index (χ4n) is 2.52. The van der Waals surface area contributed by atoms with Gasteiger partial charge in [-0.2, -0.15) is 0 Å². The largest absolute Gasteiger partial charge is 0.424 e. The van der Waals surface area contributed by atoms with E-state index < -0.39 is 0 Å². The Morgan fingerprint density at radius 2 is 1.71 bits per heavy atom. The molecule has 0 atom stereocenters. The first-order chi connectivity index (χ1) is 10.2. The average molecular weight is 279 g/mol. The van der Waals surface area contributed by atoms with Crippen LogP contribution in [0.5, 0.6) is 5.75 Å². The van der Waals surface area contributed by atoms with Crippen molar-refractivity contribution in [1.82, 2.24) is 4.98 Å². The van der Waals surface area contributed by atoms with Crippen LogP contribution in [0, 0.1) is 0 Å². The Balaban J connectivity index is 1.91. The molecule has 2 aromatic carbocycles. The molecule has 0 bridgehead atoms. The predicted molar refractivity (Wildman–Crippen MR) is 83.5 cm³/mol. The Morgan fingerprint density at radius 1 is 1.00 bits per heavy atom. The van der Waals surface area contributed by atoms with Crippen LogP contribution in [0.25, 0.3) is 10.9 Å². The highest BCUT2D eigenvalue weighted by Gasteiger charge is 2.14. The summed E-state index contributed by atoms with van der Waals surface area (Å²) in [5.74, 6) is 0.370. The van der Waals surface area contributed by atoms with E-state index in [-0.39, 0.29) is 5.97 Å². The number of carbonyl (C=O) groups is 1. The van der Waals surface area contributed by atoms with Crippen molar-refractivity contribution in [1.29, 1.82) is 0 Å². The Bertz CT molecular complexity index is 759. The maximum Gasteiger partial charge on any atom is 0.308 e. The smallest absolute Gasteiger partial charge is 0.308 e. The van der Waals surface area contributed by atoms with Gasteiger partial charge in [-0.3, -0.25) is 4.79 Å². The number of carbonyl (C=O) groups excluding carboxylic acids is 1. The van der Waals surface area contributed by atoms with Gasteiger partial charge in [-0.15, -0.1) is 0 Å². The lowest BCUT2D eigenvalue weighted by Gasteiger charge is -2.04. The van der Waals surface area contributed by atoms with E-state index in [1.165, 1.54) is 12.5 Å². The van der Waals surface area contributed by atoms with Gasteiger partial charge in [0.25, 0.3) is 0 Å². The number of aromatic amines is 1. The number of ether oxygens (including phenoxy) is 1. The second-order valence-electron chi connectivity index (χ2n) is 5.06. The number of fused-ring (bicyclic) bond motifs is 1. The molecule has 0 aliphatic carbocycles. The summed E-state index contributed by atoms with van der Waals surface area (Å²) in [4.78, 5) is 14.7. The van der Waals surface area contributed by atoms with E-state index in [0.717, 1.165) is 29.4 Å². The number of aromatic nitrogens is 1. The van der Waals surface area contributed by atoms with E-state index in [9.17, 15) is 4.79 Å². The molecule has 1 N–H and O–H groups in total. The summed E-state index contributed by atoms with van der Waals surface area (Å²) >= 11 is 0. The third-order valence-electron chi connectivity index (χ3n) is 3.48. The molecule has 0 fully saturated rings. The molecule has 3 aromatic rings. The molecular formula is C18H17NO2. The number of H-pyrrole nitrogens is 1. The standard InChI is InChI=1S/C18H17NO2/c1-13(20)21-18-15-9-5-6-10-16(15)19-17(18)12-11-14-7-3-2-4-8-14/h2-10,19H,11-12H2,1H3. The monoisotopic (exact) mass is 279 g/mol. The molecule has 0 amide bonds. The predicted octanol–water partition coefficient (Wildman–Crippen LogP) is 3.88. The van der Waals surface area contributed by atoms with Crippen molar-refractivity contribution in [2.75, 3.05) is 0 Å². The Kier molecular flexibility index (Phi) is 3.73. The lowest BCUT2D eigenvalue weighted by Crippen LogP contribution is -2.03. The first-order valence-corrected chi connectivity index (χ1v) is 7.06. The molecule has 0 saturated carbocycles. The van der Waals surface area contributed by atoms with Gasteiger partial charge in [-0.05, 0) is 30.5 Å². The molecule has 106 valence electrons. The maximum absolute atomic E-state index is 11.3. The first-order valence-electron chi connectivity index (χ1n) is 7.06. The molecule has 3 rings (SSSR count). The minimum atomic E-state index is -0.291. The highest BCUT2D eigenvalue weighted by molar-refractivity contribution is 5.90. The lowest BCUT2D eigenvalue weighted by atomic mass is 10.1. The molecule has 0 saturated heterocycles. The van der Waals surface area contributed by atoms with E-state index in [0.29, 0.717) is 5.75 Å². The van der Waals surface area contributed by atoms with Crippen molar-refractivity contribution < 1.29 is 9.53 Å². The van der Waals surface area contributed by atoms with Gasteiger partial charge in [-0.1, -0.05) is 42.5 Å². The van der Waals surface area contributed by atoms with Crippen LogP contribution < -0.4 is 4.74 Å². The van der Waals surface area contributed by atoms with Crippen LogP contribution in [-0.2, 0) is 17.6 Å². The van der Waals surface area contributed by atoms with E-state index >= 15 is 0 Å². The molecule has 21 heavy (non-hydrogen) atoms. The first kappa shape index (κ1) is 13.4. The van der Waals surface area contributed by atoms with Gasteiger partial charge < -0.3 is 9.72 Å². The fraction of sp³-hybridized carbons (Fsp3) is 0.167. The molecule has 1 aromatic heterocycles. The van der Waals surface area contributed by atoms with Gasteiger partial charge in [0.1, 0.15) is 0 Å². The summed E-state index contributed by atoms with van der Waals surface area (Å²) in [6, 6.07) is 18.2. The number of hydrogen-bond acceptors (Lipinski definition) is 2. The van der Waals surface area contributed by atoms with Crippen LogP contribution in [0.15, 0.2) is 54.6 Å². The topological polar surface area (TPSA) is 42.1 Å². The highest BCUT2D eigenvalue weighted by Crippen LogP contribution is 2.31. The van der Waals surface area contributed by atoms with Crippen LogP contribution in [0.2, 0.25) is 0 Å². The average Bonchev–Trinajstić information content (AvgIpc) is 2.84. The number of hydrogen-bond donors (Lipinski definition) is 1. The van der Waals surface area contributed by atoms with Gasteiger partial charge in [0, 0.05) is 17.8 Å². The zero-order valence-electron chi connectivity index (χ0n) is 11.9. The normalized spacial score (nSPS) is 10.7. The third-order valence-corrected chi connectivity index (χ3v) is 3.48. The van der Waals surface area contributed by atoms with Crippen LogP contribution in [0.1, 0.15) is 18.2 Å². The quantitative estimate of drug-likeness (QED) is 0.736. The second-order valence-corrected chi connectivity index (χ2v) is 5.06. The Hall–Kier alpha value is -2.55. The molecule has 0 aliphatic rings. The Labute approximate surface area is 123 Å². The van der Waals surface area contributed by atoms with Crippen LogP contribution in [0.4, 0.5) is 0 Å². The second kappa shape index (κ2) is 5.83. The SMILES string of the molecule is CC(=O)Oc1c(CCc2ccccc2)[nH]c2ccccc12. The van der Waals surface area contributed by atoms with E-state index in [1.807, 2.05) is 42.5 Å². The zero-order valence-corrected chi connectivity index (χ0v) is 11.9. The minimum Gasteiger partial charge on any atom is -0.424 e.